The lowest BCUT2D eigenvalue weighted by Crippen LogP contribution is -2.10. The lowest BCUT2D eigenvalue weighted by atomic mass is 10.1. The van der Waals surface area contributed by atoms with E-state index in [0.717, 1.165) is 22.6 Å². The maximum absolute atomic E-state index is 14.9. The molecule has 0 saturated carbocycles. The molecule has 1 aromatic carbocycles. The third-order valence-electron chi connectivity index (χ3n) is 4.14. The molecule has 5 nitrogen and oxygen atoms in total. The second kappa shape index (κ2) is 6.41. The quantitative estimate of drug-likeness (QED) is 0.705. The standard InChI is InChI=1S/C18H13ClFNO4S/c1-8-2-3-10-13(6-24-18(10)21-8)25-12-5-11(19)15-9(4-14(22)23)7-26-17(15)16(12)20/h2-3,5,7,13H,4,6H2,1H3,(H,22,23). The van der Waals surface area contributed by atoms with Crippen molar-refractivity contribution in [2.24, 2.45) is 0 Å². The van der Waals surface area contributed by atoms with Crippen molar-refractivity contribution in [1.82, 2.24) is 4.98 Å². The van der Waals surface area contributed by atoms with Gasteiger partial charge in [-0.1, -0.05) is 11.6 Å². The number of halogens is 2. The zero-order chi connectivity index (χ0) is 18.4. The summed E-state index contributed by atoms with van der Waals surface area (Å²) >= 11 is 7.40. The van der Waals surface area contributed by atoms with Crippen molar-refractivity contribution in [3.05, 3.63) is 51.2 Å². The summed E-state index contributed by atoms with van der Waals surface area (Å²) in [5.74, 6) is -1.06. The Morgan fingerprint density at radius 3 is 3.12 bits per heavy atom. The third kappa shape index (κ3) is 2.87. The summed E-state index contributed by atoms with van der Waals surface area (Å²) in [5.41, 5.74) is 2.07. The van der Waals surface area contributed by atoms with Gasteiger partial charge in [-0.25, -0.2) is 9.37 Å². The maximum atomic E-state index is 14.9. The van der Waals surface area contributed by atoms with E-state index >= 15 is 0 Å². The highest BCUT2D eigenvalue weighted by molar-refractivity contribution is 7.17. The molecule has 0 bridgehead atoms. The second-order valence-electron chi connectivity index (χ2n) is 5.97. The zero-order valence-corrected chi connectivity index (χ0v) is 15.2. The normalized spacial score (nSPS) is 15.7. The average molecular weight is 394 g/mol. The van der Waals surface area contributed by atoms with Crippen molar-refractivity contribution < 1.29 is 23.8 Å². The van der Waals surface area contributed by atoms with E-state index in [1.165, 1.54) is 6.07 Å². The van der Waals surface area contributed by atoms with E-state index in [9.17, 15) is 9.18 Å². The molecule has 1 N–H and O–H groups in total. The van der Waals surface area contributed by atoms with Gasteiger partial charge in [-0.15, -0.1) is 11.3 Å². The van der Waals surface area contributed by atoms with Crippen LogP contribution in [0.15, 0.2) is 23.6 Å². The Balaban J connectivity index is 1.71. The van der Waals surface area contributed by atoms with Crippen molar-refractivity contribution in [3.8, 4) is 11.6 Å². The summed E-state index contributed by atoms with van der Waals surface area (Å²) in [7, 11) is 0. The Labute approximate surface area is 157 Å². The minimum absolute atomic E-state index is 0.00764. The number of pyridine rings is 1. The number of aryl methyl sites for hydroxylation is 1. The highest BCUT2D eigenvalue weighted by Gasteiger charge is 2.29. The minimum atomic E-state index is -0.996. The van der Waals surface area contributed by atoms with E-state index in [4.69, 9.17) is 26.2 Å². The number of hydrogen-bond acceptors (Lipinski definition) is 5. The molecule has 8 heteroatoms. The van der Waals surface area contributed by atoms with Gasteiger partial charge in [0.2, 0.25) is 5.88 Å². The minimum Gasteiger partial charge on any atom is -0.481 e. The van der Waals surface area contributed by atoms with E-state index in [0.29, 0.717) is 16.8 Å². The zero-order valence-electron chi connectivity index (χ0n) is 13.6. The number of thiophene rings is 1. The smallest absolute Gasteiger partial charge is 0.307 e. The number of fused-ring (bicyclic) bond motifs is 2. The topological polar surface area (TPSA) is 68.7 Å². The molecule has 3 heterocycles. The first kappa shape index (κ1) is 17.1. The van der Waals surface area contributed by atoms with E-state index in [1.807, 2.05) is 19.1 Å². The van der Waals surface area contributed by atoms with Gasteiger partial charge in [0.15, 0.2) is 17.7 Å². The van der Waals surface area contributed by atoms with Gasteiger partial charge in [-0.3, -0.25) is 4.79 Å². The summed E-state index contributed by atoms with van der Waals surface area (Å²) in [5, 5.41) is 11.3. The van der Waals surface area contributed by atoms with Gasteiger partial charge in [-0.05, 0) is 30.0 Å². The number of carboxylic acid groups (broad SMARTS) is 1. The van der Waals surface area contributed by atoms with Gasteiger partial charge in [0.25, 0.3) is 0 Å². The van der Waals surface area contributed by atoms with Gasteiger partial charge in [-0.2, -0.15) is 0 Å². The number of nitrogens with zero attached hydrogens (tertiary/aromatic N) is 1. The van der Waals surface area contributed by atoms with Gasteiger partial charge in [0, 0.05) is 17.1 Å². The average Bonchev–Trinajstić information content (AvgIpc) is 3.16. The van der Waals surface area contributed by atoms with Crippen LogP contribution in [-0.2, 0) is 11.2 Å². The summed E-state index contributed by atoms with van der Waals surface area (Å²) < 4.78 is 26.5. The summed E-state index contributed by atoms with van der Waals surface area (Å²) in [6.45, 7) is 2.09. The molecule has 2 aromatic heterocycles. The largest absolute Gasteiger partial charge is 0.481 e. The Kier molecular flexibility index (Phi) is 4.20. The van der Waals surface area contributed by atoms with Gasteiger partial charge >= 0.3 is 5.97 Å². The fourth-order valence-electron chi connectivity index (χ4n) is 2.96. The molecule has 0 fully saturated rings. The number of ether oxygens (including phenoxy) is 2. The fraction of sp³-hybridized carbons (Fsp3) is 0.222. The Morgan fingerprint density at radius 2 is 2.35 bits per heavy atom. The molecule has 0 aliphatic carbocycles. The molecular formula is C18H13ClFNO4S. The van der Waals surface area contributed by atoms with Crippen LogP contribution in [0.2, 0.25) is 5.02 Å². The molecule has 0 radical (unpaired) electrons. The molecule has 26 heavy (non-hydrogen) atoms. The lowest BCUT2D eigenvalue weighted by molar-refractivity contribution is -0.136. The molecule has 0 amide bonds. The number of hydrogen-bond donors (Lipinski definition) is 1. The van der Waals surface area contributed by atoms with Crippen LogP contribution >= 0.6 is 22.9 Å². The molecule has 0 spiro atoms. The lowest BCUT2D eigenvalue weighted by Gasteiger charge is -2.14. The van der Waals surface area contributed by atoms with Crippen LogP contribution in [0.25, 0.3) is 10.1 Å². The number of aromatic nitrogens is 1. The molecule has 0 saturated heterocycles. The Bertz CT molecular complexity index is 1040. The van der Waals surface area contributed by atoms with Crippen LogP contribution in [0.1, 0.15) is 22.9 Å². The van der Waals surface area contributed by atoms with Gasteiger partial charge < -0.3 is 14.6 Å². The van der Waals surface area contributed by atoms with E-state index < -0.39 is 17.9 Å². The third-order valence-corrected chi connectivity index (χ3v) is 5.46. The number of benzene rings is 1. The van der Waals surface area contributed by atoms with Crippen molar-refractivity contribution in [3.63, 3.8) is 0 Å². The molecule has 1 aliphatic rings. The highest BCUT2D eigenvalue weighted by atomic mass is 35.5. The van der Waals surface area contributed by atoms with Crippen molar-refractivity contribution in [2.45, 2.75) is 19.4 Å². The summed E-state index contributed by atoms with van der Waals surface area (Å²) in [6.07, 6.45) is -0.701. The first-order chi connectivity index (χ1) is 12.4. The van der Waals surface area contributed by atoms with Crippen LogP contribution < -0.4 is 9.47 Å². The predicted octanol–water partition coefficient (Wildman–Crippen LogP) is 4.54. The number of aliphatic carboxylic acids is 1. The number of carbonyl (C=O) groups is 1. The Morgan fingerprint density at radius 1 is 1.54 bits per heavy atom. The van der Waals surface area contributed by atoms with Crippen LogP contribution in [0.5, 0.6) is 11.6 Å². The predicted molar refractivity (Wildman–Crippen MR) is 96.0 cm³/mol. The van der Waals surface area contributed by atoms with Crippen molar-refractivity contribution in [2.75, 3.05) is 6.61 Å². The highest BCUT2D eigenvalue weighted by Crippen LogP contribution is 2.42. The number of carboxylic acids is 1. The van der Waals surface area contributed by atoms with E-state index in [2.05, 4.69) is 4.98 Å². The number of rotatable bonds is 4. The first-order valence-corrected chi connectivity index (χ1v) is 9.06. The van der Waals surface area contributed by atoms with Crippen LogP contribution in [0.4, 0.5) is 4.39 Å². The summed E-state index contributed by atoms with van der Waals surface area (Å²) in [4.78, 5) is 15.3. The van der Waals surface area contributed by atoms with Crippen molar-refractivity contribution >= 4 is 39.0 Å². The molecular weight excluding hydrogens is 381 g/mol. The van der Waals surface area contributed by atoms with Crippen molar-refractivity contribution in [1.29, 1.82) is 0 Å². The molecule has 134 valence electrons. The van der Waals surface area contributed by atoms with Crippen LogP contribution in [0, 0.1) is 12.7 Å². The second-order valence-corrected chi connectivity index (χ2v) is 7.26. The van der Waals surface area contributed by atoms with Crippen LogP contribution in [-0.4, -0.2) is 22.7 Å². The molecule has 1 unspecified atom stereocenters. The monoisotopic (exact) mass is 393 g/mol. The fourth-order valence-corrected chi connectivity index (χ4v) is 4.35. The van der Waals surface area contributed by atoms with Gasteiger partial charge in [0.05, 0.1) is 21.7 Å². The van der Waals surface area contributed by atoms with Gasteiger partial charge in [0.1, 0.15) is 6.61 Å². The van der Waals surface area contributed by atoms with E-state index in [-0.39, 0.29) is 28.5 Å². The molecule has 1 aliphatic heterocycles. The molecule has 4 rings (SSSR count). The first-order valence-electron chi connectivity index (χ1n) is 7.81. The van der Waals surface area contributed by atoms with Crippen LogP contribution in [0.3, 0.4) is 0 Å². The SMILES string of the molecule is Cc1ccc2c(n1)OCC2Oc1cc(Cl)c2c(CC(=O)O)csc2c1F. The van der Waals surface area contributed by atoms with E-state index in [1.54, 1.807) is 5.38 Å². The maximum Gasteiger partial charge on any atom is 0.307 e. The molecule has 3 aromatic rings. The Hall–Kier alpha value is -2.38. The molecule has 1 atom stereocenters. The summed E-state index contributed by atoms with van der Waals surface area (Å²) in [6, 6.07) is 5.08.